The molecule has 0 aliphatic heterocycles. The number of carbonyl (C=O) groups excluding carboxylic acids is 1. The van der Waals surface area contributed by atoms with Gasteiger partial charge >= 0.3 is 0 Å². The van der Waals surface area contributed by atoms with Crippen LogP contribution in [0.2, 0.25) is 0 Å². The van der Waals surface area contributed by atoms with Crippen molar-refractivity contribution in [2.45, 2.75) is 32.1 Å². The summed E-state index contributed by atoms with van der Waals surface area (Å²) in [5, 5.41) is 10.9. The molecule has 1 aromatic carbocycles. The predicted octanol–water partition coefficient (Wildman–Crippen LogP) is 3.12. The summed E-state index contributed by atoms with van der Waals surface area (Å²) in [5.41, 5.74) is 2.52. The molecule has 1 aliphatic rings. The Labute approximate surface area is 112 Å². The lowest BCUT2D eigenvalue weighted by Gasteiger charge is -2.23. The number of Topliss-reactive ketones (excluding diaryl/α,β-unsaturated/α-hetero) is 1. The Bertz CT molecular complexity index is 519. The average Bonchev–Trinajstić information content (AvgIpc) is 2.38. The number of nitrogens with zero attached hydrogens (tertiary/aromatic N) is 1. The van der Waals surface area contributed by atoms with Gasteiger partial charge in [0.25, 0.3) is 0 Å². The molecule has 4 nitrogen and oxygen atoms in total. The first-order chi connectivity index (χ1) is 9.09. The second kappa shape index (κ2) is 5.78. The maximum atomic E-state index is 12.1. The third kappa shape index (κ3) is 3.08. The van der Waals surface area contributed by atoms with Crippen molar-refractivity contribution in [1.29, 1.82) is 0 Å². The first-order valence-electron chi connectivity index (χ1n) is 6.49. The van der Waals surface area contributed by atoms with E-state index in [4.69, 9.17) is 0 Å². The SMILES string of the molecule is CC1=C([C@@H](C[N+](=O)[O-])c2ccccc2)C(=O)CCC1. The Kier molecular flexibility index (Phi) is 4.10. The van der Waals surface area contributed by atoms with Crippen molar-refractivity contribution in [1.82, 2.24) is 0 Å². The number of rotatable bonds is 4. The highest BCUT2D eigenvalue weighted by Gasteiger charge is 2.30. The molecular weight excluding hydrogens is 242 g/mol. The van der Waals surface area contributed by atoms with Gasteiger partial charge in [-0.05, 0) is 25.3 Å². The molecule has 0 saturated carbocycles. The standard InChI is InChI=1S/C15H17NO3/c1-11-6-5-9-14(17)15(11)13(10-16(18)19)12-7-3-2-4-8-12/h2-4,7-8,13H,5-6,9-10H2,1H3/t13-/m0/s1. The summed E-state index contributed by atoms with van der Waals surface area (Å²) in [7, 11) is 0. The molecule has 0 spiro atoms. The Morgan fingerprint density at radius 1 is 1.26 bits per heavy atom. The van der Waals surface area contributed by atoms with Gasteiger partial charge in [0.05, 0.1) is 5.92 Å². The largest absolute Gasteiger partial charge is 0.295 e. The molecule has 100 valence electrons. The number of hydrogen-bond donors (Lipinski definition) is 0. The van der Waals surface area contributed by atoms with Gasteiger partial charge in [0.2, 0.25) is 6.54 Å². The summed E-state index contributed by atoms with van der Waals surface area (Å²) in [5.74, 6) is -0.344. The minimum absolute atomic E-state index is 0.0689. The molecule has 0 heterocycles. The van der Waals surface area contributed by atoms with Gasteiger partial charge in [0.15, 0.2) is 5.78 Å². The third-order valence-electron chi connectivity index (χ3n) is 3.60. The molecule has 4 heteroatoms. The number of hydrogen-bond acceptors (Lipinski definition) is 3. The first-order valence-corrected chi connectivity index (χ1v) is 6.49. The van der Waals surface area contributed by atoms with Gasteiger partial charge in [-0.15, -0.1) is 0 Å². The minimum atomic E-state index is -0.413. The lowest BCUT2D eigenvalue weighted by Crippen LogP contribution is -2.23. The number of ketones is 1. The summed E-state index contributed by atoms with van der Waals surface area (Å²) < 4.78 is 0. The molecule has 0 aromatic heterocycles. The zero-order chi connectivity index (χ0) is 13.8. The Balaban J connectivity index is 2.43. The van der Waals surface area contributed by atoms with Crippen molar-refractivity contribution in [3.05, 3.63) is 57.2 Å². The van der Waals surface area contributed by atoms with Crippen LogP contribution in [0, 0.1) is 10.1 Å². The molecule has 0 unspecified atom stereocenters. The van der Waals surface area contributed by atoms with Crippen LogP contribution in [0.5, 0.6) is 0 Å². The minimum Gasteiger partial charge on any atom is -0.295 e. The molecule has 19 heavy (non-hydrogen) atoms. The molecule has 0 radical (unpaired) electrons. The van der Waals surface area contributed by atoms with E-state index in [9.17, 15) is 14.9 Å². The molecule has 1 aliphatic carbocycles. The van der Waals surface area contributed by atoms with Crippen molar-refractivity contribution < 1.29 is 9.72 Å². The molecule has 0 bridgehead atoms. The van der Waals surface area contributed by atoms with E-state index in [0.717, 1.165) is 24.0 Å². The maximum absolute atomic E-state index is 12.1. The van der Waals surface area contributed by atoms with Crippen LogP contribution in [-0.4, -0.2) is 17.3 Å². The Morgan fingerprint density at radius 3 is 2.53 bits per heavy atom. The van der Waals surface area contributed by atoms with Crippen LogP contribution < -0.4 is 0 Å². The van der Waals surface area contributed by atoms with E-state index in [1.807, 2.05) is 37.3 Å². The summed E-state index contributed by atoms with van der Waals surface area (Å²) in [4.78, 5) is 22.7. The zero-order valence-electron chi connectivity index (χ0n) is 11.0. The number of allylic oxidation sites excluding steroid dienone is 1. The van der Waals surface area contributed by atoms with E-state index in [0.29, 0.717) is 12.0 Å². The highest BCUT2D eigenvalue weighted by molar-refractivity contribution is 5.98. The van der Waals surface area contributed by atoms with Crippen LogP contribution in [-0.2, 0) is 4.79 Å². The zero-order valence-corrected chi connectivity index (χ0v) is 11.0. The quantitative estimate of drug-likeness (QED) is 0.616. The van der Waals surface area contributed by atoms with Gasteiger partial charge in [-0.2, -0.15) is 0 Å². The van der Waals surface area contributed by atoms with E-state index in [-0.39, 0.29) is 17.3 Å². The van der Waals surface area contributed by atoms with Gasteiger partial charge in [0.1, 0.15) is 0 Å². The molecule has 0 fully saturated rings. The molecule has 2 rings (SSSR count). The van der Waals surface area contributed by atoms with Gasteiger partial charge in [-0.25, -0.2) is 0 Å². The summed E-state index contributed by atoms with van der Waals surface area (Å²) in [6, 6.07) is 9.29. The summed E-state index contributed by atoms with van der Waals surface area (Å²) >= 11 is 0. The van der Waals surface area contributed by atoms with Crippen LogP contribution in [0.1, 0.15) is 37.7 Å². The van der Waals surface area contributed by atoms with Gasteiger partial charge < -0.3 is 0 Å². The van der Waals surface area contributed by atoms with Gasteiger partial charge in [-0.3, -0.25) is 14.9 Å². The molecule has 0 amide bonds. The second-order valence-corrected chi connectivity index (χ2v) is 4.95. The van der Waals surface area contributed by atoms with Crippen molar-refractivity contribution in [2.24, 2.45) is 0 Å². The lowest BCUT2D eigenvalue weighted by molar-refractivity contribution is -0.481. The summed E-state index contributed by atoms with van der Waals surface area (Å²) in [6.07, 6.45) is 2.23. The van der Waals surface area contributed by atoms with E-state index in [2.05, 4.69) is 0 Å². The first kappa shape index (κ1) is 13.5. The number of carbonyl (C=O) groups is 1. The maximum Gasteiger partial charge on any atom is 0.214 e. The average molecular weight is 259 g/mol. The summed E-state index contributed by atoms with van der Waals surface area (Å²) in [6.45, 7) is 1.70. The Hall–Kier alpha value is -1.97. The number of nitro groups is 1. The van der Waals surface area contributed by atoms with E-state index >= 15 is 0 Å². The number of benzene rings is 1. The highest BCUT2D eigenvalue weighted by atomic mass is 16.6. The lowest BCUT2D eigenvalue weighted by atomic mass is 9.80. The third-order valence-corrected chi connectivity index (χ3v) is 3.60. The van der Waals surface area contributed by atoms with Crippen LogP contribution in [0.15, 0.2) is 41.5 Å². The fraction of sp³-hybridized carbons (Fsp3) is 0.400. The molecule has 1 atom stereocenters. The molecular formula is C15H17NO3. The smallest absolute Gasteiger partial charge is 0.214 e. The van der Waals surface area contributed by atoms with Crippen LogP contribution in [0.25, 0.3) is 0 Å². The van der Waals surface area contributed by atoms with Gasteiger partial charge in [0, 0.05) is 16.9 Å². The van der Waals surface area contributed by atoms with Crippen molar-refractivity contribution in [3.8, 4) is 0 Å². The molecule has 0 N–H and O–H groups in total. The molecule has 1 aromatic rings. The highest BCUT2D eigenvalue weighted by Crippen LogP contribution is 2.33. The van der Waals surface area contributed by atoms with E-state index in [1.165, 1.54) is 0 Å². The second-order valence-electron chi connectivity index (χ2n) is 4.95. The topological polar surface area (TPSA) is 60.2 Å². The Morgan fingerprint density at radius 2 is 1.95 bits per heavy atom. The predicted molar refractivity (Wildman–Crippen MR) is 72.6 cm³/mol. The van der Waals surface area contributed by atoms with Crippen LogP contribution >= 0.6 is 0 Å². The van der Waals surface area contributed by atoms with Crippen molar-refractivity contribution in [3.63, 3.8) is 0 Å². The van der Waals surface area contributed by atoms with Gasteiger partial charge in [-0.1, -0.05) is 35.9 Å². The monoisotopic (exact) mass is 259 g/mol. The molecule has 0 saturated heterocycles. The van der Waals surface area contributed by atoms with E-state index in [1.54, 1.807) is 0 Å². The fourth-order valence-corrected chi connectivity index (χ4v) is 2.71. The normalized spacial score (nSPS) is 17.4. The fourth-order valence-electron chi connectivity index (χ4n) is 2.71. The van der Waals surface area contributed by atoms with Crippen LogP contribution in [0.3, 0.4) is 0 Å². The van der Waals surface area contributed by atoms with E-state index < -0.39 is 5.92 Å². The van der Waals surface area contributed by atoms with Crippen molar-refractivity contribution >= 4 is 5.78 Å². The van der Waals surface area contributed by atoms with Crippen LogP contribution in [0.4, 0.5) is 0 Å². The van der Waals surface area contributed by atoms with Crippen molar-refractivity contribution in [2.75, 3.05) is 6.54 Å².